The molecule has 7 nitrogen and oxygen atoms in total. The highest BCUT2D eigenvalue weighted by atomic mass is 32.2. The summed E-state index contributed by atoms with van der Waals surface area (Å²) in [6.45, 7) is 5.66. The van der Waals surface area contributed by atoms with E-state index >= 15 is 0 Å². The molecule has 0 bridgehead atoms. The van der Waals surface area contributed by atoms with Crippen LogP contribution in [0, 0.1) is 20.8 Å². The van der Waals surface area contributed by atoms with E-state index in [1.54, 1.807) is 6.07 Å². The van der Waals surface area contributed by atoms with Crippen LogP contribution >= 0.6 is 0 Å². The third-order valence-corrected chi connectivity index (χ3v) is 5.99. The summed E-state index contributed by atoms with van der Waals surface area (Å²) in [5, 5.41) is 2.66. The van der Waals surface area contributed by atoms with Crippen molar-refractivity contribution in [1.82, 2.24) is 4.31 Å². The van der Waals surface area contributed by atoms with Crippen LogP contribution in [0.15, 0.2) is 35.2 Å². The van der Waals surface area contributed by atoms with Gasteiger partial charge in [-0.3, -0.25) is 4.79 Å². The first-order valence-electron chi connectivity index (χ1n) is 8.67. The van der Waals surface area contributed by atoms with Gasteiger partial charge in [0.15, 0.2) is 6.61 Å². The molecule has 0 heterocycles. The number of benzene rings is 2. The van der Waals surface area contributed by atoms with Gasteiger partial charge in [-0.25, -0.2) is 12.7 Å². The van der Waals surface area contributed by atoms with Gasteiger partial charge in [0.25, 0.3) is 5.91 Å². The Kier molecular flexibility index (Phi) is 6.69. The fourth-order valence-corrected chi connectivity index (χ4v) is 3.96. The van der Waals surface area contributed by atoms with Crippen molar-refractivity contribution < 1.29 is 22.7 Å². The molecule has 2 aromatic rings. The van der Waals surface area contributed by atoms with Crippen LogP contribution in [0.5, 0.6) is 11.5 Å². The quantitative estimate of drug-likeness (QED) is 0.764. The maximum atomic E-state index is 12.5. The Bertz CT molecular complexity index is 961. The minimum atomic E-state index is -3.72. The van der Waals surface area contributed by atoms with E-state index in [0.29, 0.717) is 11.4 Å². The summed E-state index contributed by atoms with van der Waals surface area (Å²) in [7, 11) is 0.530. The zero-order chi connectivity index (χ0) is 21.1. The van der Waals surface area contributed by atoms with E-state index in [0.717, 1.165) is 21.0 Å². The molecule has 8 heteroatoms. The molecule has 28 heavy (non-hydrogen) atoms. The summed E-state index contributed by atoms with van der Waals surface area (Å²) < 4.78 is 36.8. The lowest BCUT2D eigenvalue weighted by Gasteiger charge is -2.16. The van der Waals surface area contributed by atoms with Gasteiger partial charge in [0.05, 0.1) is 7.11 Å². The minimum Gasteiger partial charge on any atom is -0.495 e. The maximum absolute atomic E-state index is 12.5. The molecule has 152 valence electrons. The number of rotatable bonds is 7. The number of carbonyl (C=O) groups is 1. The van der Waals surface area contributed by atoms with E-state index in [1.165, 1.54) is 33.3 Å². The number of nitrogens with zero attached hydrogens (tertiary/aromatic N) is 1. The van der Waals surface area contributed by atoms with E-state index in [1.807, 2.05) is 32.9 Å². The van der Waals surface area contributed by atoms with Crippen molar-refractivity contribution in [2.75, 3.05) is 33.1 Å². The molecule has 0 aromatic heterocycles. The molecular weight excluding hydrogens is 380 g/mol. The predicted octanol–water partition coefficient (Wildman–Crippen LogP) is 2.89. The number of hydrogen-bond acceptors (Lipinski definition) is 5. The van der Waals surface area contributed by atoms with Crippen molar-refractivity contribution >= 4 is 21.6 Å². The molecule has 0 saturated carbocycles. The van der Waals surface area contributed by atoms with Crippen LogP contribution in [-0.4, -0.2) is 46.4 Å². The molecule has 0 atom stereocenters. The zero-order valence-corrected chi connectivity index (χ0v) is 17.8. The monoisotopic (exact) mass is 406 g/mol. The molecule has 1 N–H and O–H groups in total. The zero-order valence-electron chi connectivity index (χ0n) is 17.0. The maximum Gasteiger partial charge on any atom is 0.262 e. The molecule has 0 saturated heterocycles. The van der Waals surface area contributed by atoms with Crippen LogP contribution in [0.1, 0.15) is 16.7 Å². The van der Waals surface area contributed by atoms with Crippen LogP contribution in [-0.2, 0) is 14.8 Å². The van der Waals surface area contributed by atoms with Gasteiger partial charge in [0.1, 0.15) is 16.4 Å². The van der Waals surface area contributed by atoms with Crippen LogP contribution in [0.2, 0.25) is 0 Å². The highest BCUT2D eigenvalue weighted by Crippen LogP contribution is 2.29. The third kappa shape index (κ3) is 4.82. The highest BCUT2D eigenvalue weighted by molar-refractivity contribution is 7.89. The van der Waals surface area contributed by atoms with Crippen molar-refractivity contribution in [2.45, 2.75) is 25.7 Å². The molecule has 2 aromatic carbocycles. The average Bonchev–Trinajstić information content (AvgIpc) is 2.60. The number of methoxy groups -OCH3 is 1. The van der Waals surface area contributed by atoms with Gasteiger partial charge in [-0.05, 0) is 50.1 Å². The SMILES string of the molecule is COc1ccc(NC(=O)COc2c(C)cc(C)cc2C)cc1S(=O)(=O)N(C)C. The Morgan fingerprint density at radius 2 is 1.68 bits per heavy atom. The summed E-state index contributed by atoms with van der Waals surface area (Å²) in [5.74, 6) is 0.484. The van der Waals surface area contributed by atoms with Crippen LogP contribution < -0.4 is 14.8 Å². The molecule has 0 aliphatic carbocycles. The topological polar surface area (TPSA) is 84.9 Å². The third-order valence-electron chi connectivity index (χ3n) is 4.16. The van der Waals surface area contributed by atoms with Crippen LogP contribution in [0.25, 0.3) is 0 Å². The normalized spacial score (nSPS) is 11.4. The molecular formula is C20H26N2O5S. The second kappa shape index (κ2) is 8.62. The first kappa shape index (κ1) is 21.7. The second-order valence-electron chi connectivity index (χ2n) is 6.72. The molecule has 0 aliphatic rings. The van der Waals surface area contributed by atoms with Gasteiger partial charge in [0, 0.05) is 19.8 Å². The van der Waals surface area contributed by atoms with Crippen molar-refractivity contribution in [1.29, 1.82) is 0 Å². The van der Waals surface area contributed by atoms with Crippen molar-refractivity contribution in [2.24, 2.45) is 0 Å². The van der Waals surface area contributed by atoms with Gasteiger partial charge in [-0.15, -0.1) is 0 Å². The van der Waals surface area contributed by atoms with E-state index in [-0.39, 0.29) is 17.3 Å². The number of sulfonamides is 1. The summed E-state index contributed by atoms with van der Waals surface area (Å²) in [6.07, 6.45) is 0. The number of nitrogens with one attached hydrogen (secondary N) is 1. The minimum absolute atomic E-state index is 0.0241. The number of aryl methyl sites for hydroxylation is 3. The lowest BCUT2D eigenvalue weighted by molar-refractivity contribution is -0.118. The van der Waals surface area contributed by atoms with Crippen molar-refractivity contribution in [3.05, 3.63) is 47.0 Å². The van der Waals surface area contributed by atoms with E-state index in [2.05, 4.69) is 5.32 Å². The van der Waals surface area contributed by atoms with Gasteiger partial charge in [-0.2, -0.15) is 0 Å². The summed E-state index contributed by atoms with van der Waals surface area (Å²) in [6, 6.07) is 8.42. The summed E-state index contributed by atoms with van der Waals surface area (Å²) in [5.41, 5.74) is 3.37. The fraction of sp³-hybridized carbons (Fsp3) is 0.350. The smallest absolute Gasteiger partial charge is 0.262 e. The number of amides is 1. The van der Waals surface area contributed by atoms with Crippen LogP contribution in [0.4, 0.5) is 5.69 Å². The van der Waals surface area contributed by atoms with Crippen molar-refractivity contribution in [3.63, 3.8) is 0 Å². The molecule has 0 unspecified atom stereocenters. The van der Waals surface area contributed by atoms with E-state index in [4.69, 9.17) is 9.47 Å². The summed E-state index contributed by atoms with van der Waals surface area (Å²) >= 11 is 0. The Hall–Kier alpha value is -2.58. The molecule has 1 amide bonds. The first-order valence-corrected chi connectivity index (χ1v) is 10.1. The predicted molar refractivity (Wildman–Crippen MR) is 109 cm³/mol. The number of anilines is 1. The molecule has 0 radical (unpaired) electrons. The van der Waals surface area contributed by atoms with Gasteiger partial charge in [0.2, 0.25) is 10.0 Å². The largest absolute Gasteiger partial charge is 0.495 e. The second-order valence-corrected chi connectivity index (χ2v) is 8.84. The standard InChI is InChI=1S/C20H26N2O5S/c1-13-9-14(2)20(15(3)10-13)27-12-19(23)21-16-7-8-17(26-6)18(11-16)28(24,25)22(4)5/h7-11H,12H2,1-6H3,(H,21,23). The first-order chi connectivity index (χ1) is 13.1. The van der Waals surface area contributed by atoms with E-state index < -0.39 is 15.9 Å². The number of ether oxygens (including phenoxy) is 2. The summed E-state index contributed by atoms with van der Waals surface area (Å²) in [4.78, 5) is 12.3. The Balaban J connectivity index is 2.17. The van der Waals surface area contributed by atoms with Crippen molar-refractivity contribution in [3.8, 4) is 11.5 Å². The van der Waals surface area contributed by atoms with Gasteiger partial charge < -0.3 is 14.8 Å². The van der Waals surface area contributed by atoms with Gasteiger partial charge in [-0.1, -0.05) is 17.7 Å². The van der Waals surface area contributed by atoms with Gasteiger partial charge >= 0.3 is 0 Å². The molecule has 0 fully saturated rings. The lowest BCUT2D eigenvalue weighted by atomic mass is 10.1. The lowest BCUT2D eigenvalue weighted by Crippen LogP contribution is -2.24. The Morgan fingerprint density at radius 3 is 2.21 bits per heavy atom. The highest BCUT2D eigenvalue weighted by Gasteiger charge is 2.23. The van der Waals surface area contributed by atoms with Crippen LogP contribution in [0.3, 0.4) is 0 Å². The Morgan fingerprint density at radius 1 is 1.07 bits per heavy atom. The molecule has 0 aliphatic heterocycles. The number of carbonyl (C=O) groups excluding carboxylic acids is 1. The molecule has 0 spiro atoms. The fourth-order valence-electron chi connectivity index (χ4n) is 2.88. The number of hydrogen-bond donors (Lipinski definition) is 1. The molecule has 2 rings (SSSR count). The average molecular weight is 407 g/mol. The Labute approximate surface area is 166 Å². The van der Waals surface area contributed by atoms with E-state index in [9.17, 15) is 13.2 Å².